The summed E-state index contributed by atoms with van der Waals surface area (Å²) in [5, 5.41) is 3.14. The fourth-order valence-electron chi connectivity index (χ4n) is 4.10. The molecule has 1 heterocycles. The molecule has 36 heavy (non-hydrogen) atoms. The number of anilines is 1. The Morgan fingerprint density at radius 3 is 2.61 bits per heavy atom. The molecule has 2 N–H and O–H groups in total. The van der Waals surface area contributed by atoms with Crippen molar-refractivity contribution in [1.29, 1.82) is 0 Å². The second-order valence-corrected chi connectivity index (χ2v) is 11.2. The lowest BCUT2D eigenvalue weighted by Gasteiger charge is -2.33. The average molecular weight is 575 g/mol. The number of rotatable bonds is 9. The third-order valence-corrected chi connectivity index (χ3v) is 8.37. The molecule has 13 heteroatoms. The molecule has 0 saturated heterocycles. The lowest BCUT2D eigenvalue weighted by molar-refractivity contribution is 0.236. The predicted molar refractivity (Wildman–Crippen MR) is 137 cm³/mol. The highest BCUT2D eigenvalue weighted by molar-refractivity contribution is 7.93. The summed E-state index contributed by atoms with van der Waals surface area (Å²) in [6.07, 6.45) is 3.81. The van der Waals surface area contributed by atoms with E-state index in [1.165, 1.54) is 12.1 Å². The van der Waals surface area contributed by atoms with E-state index in [0.717, 1.165) is 42.7 Å². The Labute approximate surface area is 221 Å². The van der Waals surface area contributed by atoms with E-state index in [1.807, 2.05) is 6.92 Å². The van der Waals surface area contributed by atoms with Crippen molar-refractivity contribution in [1.82, 2.24) is 14.7 Å². The lowest BCUT2D eigenvalue weighted by atomic mass is 9.80. The molecule has 0 amide bonds. The number of sulfonamides is 1. The molecule has 0 spiro atoms. The van der Waals surface area contributed by atoms with Crippen molar-refractivity contribution in [2.24, 2.45) is 5.92 Å². The van der Waals surface area contributed by atoms with Crippen molar-refractivity contribution in [3.63, 3.8) is 0 Å². The van der Waals surface area contributed by atoms with E-state index in [-0.39, 0.29) is 45.6 Å². The zero-order valence-corrected chi connectivity index (χ0v) is 22.1. The summed E-state index contributed by atoms with van der Waals surface area (Å²) >= 11 is 12.6. The van der Waals surface area contributed by atoms with Crippen molar-refractivity contribution < 1.29 is 21.9 Å². The number of allylic oxidation sites excluding steroid dienone is 1. The highest BCUT2D eigenvalue weighted by Crippen LogP contribution is 2.36. The molecule has 0 radical (unpaired) electrons. The minimum Gasteiger partial charge on any atom is -0.491 e. The molecule has 0 aliphatic heterocycles. The van der Waals surface area contributed by atoms with Gasteiger partial charge in [-0.15, -0.1) is 0 Å². The largest absolute Gasteiger partial charge is 0.491 e. The number of nitrogens with one attached hydrogen (secondary N) is 2. The summed E-state index contributed by atoms with van der Waals surface area (Å²) in [6, 6.07) is 8.23. The molecule has 1 aromatic heterocycles. The third-order valence-electron chi connectivity index (χ3n) is 5.69. The number of aromatic nitrogens is 2. The number of hydrogen-bond donors (Lipinski definition) is 2. The molecular formula is C23H22Cl2F2N4O3S2. The topological polar surface area (TPSA) is 93.2 Å². The fourth-order valence-corrected chi connectivity index (χ4v) is 6.40. The van der Waals surface area contributed by atoms with E-state index >= 15 is 0 Å². The van der Waals surface area contributed by atoms with Crippen molar-refractivity contribution >= 4 is 55.5 Å². The maximum atomic E-state index is 14.9. The van der Waals surface area contributed by atoms with Crippen LogP contribution in [0.4, 0.5) is 13.9 Å². The van der Waals surface area contributed by atoms with Crippen LogP contribution in [-0.2, 0) is 10.0 Å². The molecule has 2 unspecified atom stereocenters. The molecule has 1 aliphatic rings. The maximum Gasteiger partial charge on any atom is 0.266 e. The second kappa shape index (κ2) is 11.4. The Morgan fingerprint density at radius 2 is 1.94 bits per heavy atom. The summed E-state index contributed by atoms with van der Waals surface area (Å²) in [4.78, 5) is 3.04. The van der Waals surface area contributed by atoms with Gasteiger partial charge in [-0.1, -0.05) is 36.7 Å². The molecule has 2 aromatic carbocycles. The minimum absolute atomic E-state index is 0.00588. The summed E-state index contributed by atoms with van der Waals surface area (Å²) in [5.41, 5.74) is 1.86. The Kier molecular flexibility index (Phi) is 8.46. The van der Waals surface area contributed by atoms with Crippen LogP contribution < -0.4 is 14.8 Å². The monoisotopic (exact) mass is 574 g/mol. The first-order chi connectivity index (χ1) is 17.2. The first-order valence-electron chi connectivity index (χ1n) is 11.0. The smallest absolute Gasteiger partial charge is 0.266 e. The van der Waals surface area contributed by atoms with Crippen LogP contribution in [0.15, 0.2) is 47.4 Å². The molecule has 0 fully saturated rings. The Morgan fingerprint density at radius 1 is 1.19 bits per heavy atom. The first kappa shape index (κ1) is 26.7. The van der Waals surface area contributed by atoms with E-state index in [0.29, 0.717) is 11.5 Å². The number of benzene rings is 2. The SMILES string of the molecule is CCNC1CCC=C(c2ccc(F)cc2)C1COc1cc(F)c(S(=O)(=O)Nc2nc(Cl)ns2)cc1Cl. The van der Waals surface area contributed by atoms with Crippen LogP contribution in [-0.4, -0.2) is 37.0 Å². The molecule has 3 aromatic rings. The van der Waals surface area contributed by atoms with E-state index in [9.17, 15) is 17.2 Å². The summed E-state index contributed by atoms with van der Waals surface area (Å²) in [5.74, 6) is -1.49. The molecule has 0 saturated carbocycles. The Balaban J connectivity index is 1.56. The van der Waals surface area contributed by atoms with Gasteiger partial charge in [0.2, 0.25) is 10.4 Å². The molecular weight excluding hydrogens is 553 g/mol. The zero-order chi connectivity index (χ0) is 25.9. The van der Waals surface area contributed by atoms with E-state index in [2.05, 4.69) is 25.5 Å². The van der Waals surface area contributed by atoms with Gasteiger partial charge < -0.3 is 10.1 Å². The number of halogens is 4. The molecule has 0 bridgehead atoms. The van der Waals surface area contributed by atoms with Gasteiger partial charge in [0.05, 0.1) is 11.6 Å². The van der Waals surface area contributed by atoms with Crippen molar-refractivity contribution in [3.8, 4) is 5.75 Å². The second-order valence-electron chi connectivity index (χ2n) is 8.01. The van der Waals surface area contributed by atoms with Crippen LogP contribution in [0.3, 0.4) is 0 Å². The van der Waals surface area contributed by atoms with Crippen molar-refractivity contribution in [2.75, 3.05) is 17.9 Å². The third kappa shape index (κ3) is 6.15. The first-order valence-corrected chi connectivity index (χ1v) is 14.0. The van der Waals surface area contributed by atoms with Gasteiger partial charge in [0.15, 0.2) is 0 Å². The van der Waals surface area contributed by atoms with Crippen molar-refractivity contribution in [3.05, 3.63) is 70.0 Å². The lowest BCUT2D eigenvalue weighted by Crippen LogP contribution is -2.41. The molecule has 7 nitrogen and oxygen atoms in total. The van der Waals surface area contributed by atoms with Gasteiger partial charge in [-0.25, -0.2) is 17.2 Å². The molecule has 2 atom stereocenters. The number of nitrogens with zero attached hydrogens (tertiary/aromatic N) is 2. The van der Waals surface area contributed by atoms with E-state index < -0.39 is 20.7 Å². The Hall–Kier alpha value is -2.31. The molecule has 192 valence electrons. The number of hydrogen-bond acceptors (Lipinski definition) is 7. The maximum absolute atomic E-state index is 14.9. The van der Waals surface area contributed by atoms with Crippen LogP contribution >= 0.6 is 34.7 Å². The van der Waals surface area contributed by atoms with Crippen LogP contribution in [0.5, 0.6) is 5.75 Å². The van der Waals surface area contributed by atoms with Crippen LogP contribution in [0.1, 0.15) is 25.3 Å². The van der Waals surface area contributed by atoms with Gasteiger partial charge in [0.25, 0.3) is 10.0 Å². The van der Waals surface area contributed by atoms with Gasteiger partial charge in [-0.05, 0) is 60.3 Å². The zero-order valence-electron chi connectivity index (χ0n) is 19.0. The van der Waals surface area contributed by atoms with Gasteiger partial charge in [-0.2, -0.15) is 9.36 Å². The van der Waals surface area contributed by atoms with Gasteiger partial charge in [-0.3, -0.25) is 4.72 Å². The van der Waals surface area contributed by atoms with Crippen LogP contribution in [0, 0.1) is 17.6 Å². The van der Waals surface area contributed by atoms with Gasteiger partial charge >= 0.3 is 0 Å². The molecule has 1 aliphatic carbocycles. The summed E-state index contributed by atoms with van der Waals surface area (Å²) in [6.45, 7) is 2.89. The van der Waals surface area contributed by atoms with Gasteiger partial charge in [0.1, 0.15) is 22.3 Å². The fraction of sp³-hybridized carbons (Fsp3) is 0.304. The number of ether oxygens (including phenoxy) is 1. The standard InChI is InChI=1S/C23H22Cl2F2N4O3S2/c1-2-28-19-5-3-4-15(13-6-8-14(26)9-7-13)16(19)12-34-20-11-18(27)21(10-17(20)24)36(32,33)31-23-29-22(25)30-35-23/h4,6-11,16,19,28H,2-3,5,12H2,1H3,(H,29,30,31). The van der Waals surface area contributed by atoms with Crippen molar-refractivity contribution in [2.45, 2.75) is 30.7 Å². The minimum atomic E-state index is -4.34. The predicted octanol–water partition coefficient (Wildman–Crippen LogP) is 5.77. The van der Waals surface area contributed by atoms with E-state index in [4.69, 9.17) is 27.9 Å². The van der Waals surface area contributed by atoms with Crippen LogP contribution in [0.2, 0.25) is 10.3 Å². The highest BCUT2D eigenvalue weighted by Gasteiger charge is 2.30. The van der Waals surface area contributed by atoms with Gasteiger partial charge in [0, 0.05) is 29.6 Å². The van der Waals surface area contributed by atoms with Crippen LogP contribution in [0.25, 0.3) is 5.57 Å². The van der Waals surface area contributed by atoms with E-state index in [1.54, 1.807) is 12.1 Å². The summed E-state index contributed by atoms with van der Waals surface area (Å²) < 4.78 is 65.4. The normalized spacial score (nSPS) is 18.1. The highest BCUT2D eigenvalue weighted by atomic mass is 35.5. The summed E-state index contributed by atoms with van der Waals surface area (Å²) in [7, 11) is -4.34. The molecule has 4 rings (SSSR count). The quantitative estimate of drug-likeness (QED) is 0.337. The average Bonchev–Trinajstić information content (AvgIpc) is 3.24. The Bertz CT molecular complexity index is 1370.